The molecule has 0 aromatic heterocycles. The van der Waals surface area contributed by atoms with Gasteiger partial charge in [-0.1, -0.05) is 60.7 Å². The Morgan fingerprint density at radius 3 is 1.95 bits per heavy atom. The van der Waals surface area contributed by atoms with Gasteiger partial charge in [-0.3, -0.25) is 0 Å². The molecule has 4 rings (SSSR count). The number of para-hydroxylation sites is 1. The largest absolute Gasteiger partial charge is 0.507 e. The van der Waals surface area contributed by atoms with E-state index in [4.69, 9.17) is 0 Å². The van der Waals surface area contributed by atoms with Gasteiger partial charge in [-0.2, -0.15) is 0 Å². The predicted octanol–water partition coefficient (Wildman–Crippen LogP) is 5.37. The van der Waals surface area contributed by atoms with Crippen molar-refractivity contribution in [3.8, 4) is 16.9 Å². The normalized spacial score (nSPS) is 11.0. The summed E-state index contributed by atoms with van der Waals surface area (Å²) < 4.78 is 0. The second kappa shape index (κ2) is 4.64. The quantitative estimate of drug-likeness (QED) is 0.461. The van der Waals surface area contributed by atoms with Crippen molar-refractivity contribution >= 4 is 21.5 Å². The molecule has 21 heavy (non-hydrogen) atoms. The summed E-state index contributed by atoms with van der Waals surface area (Å²) in [5, 5.41) is 14.9. The van der Waals surface area contributed by atoms with Crippen molar-refractivity contribution in [2.45, 2.75) is 0 Å². The first-order valence-corrected chi connectivity index (χ1v) is 7.03. The molecule has 0 aliphatic heterocycles. The summed E-state index contributed by atoms with van der Waals surface area (Å²) in [5.41, 5.74) is 1.94. The van der Waals surface area contributed by atoms with Crippen molar-refractivity contribution in [2.24, 2.45) is 0 Å². The molecule has 1 heteroatoms. The van der Waals surface area contributed by atoms with Crippen LogP contribution in [-0.4, -0.2) is 5.11 Å². The van der Waals surface area contributed by atoms with E-state index in [1.54, 1.807) is 6.07 Å². The third kappa shape index (κ3) is 1.95. The number of phenols is 1. The van der Waals surface area contributed by atoms with Crippen molar-refractivity contribution in [1.29, 1.82) is 0 Å². The molecule has 0 saturated carbocycles. The molecule has 0 radical (unpaired) electrons. The van der Waals surface area contributed by atoms with Crippen molar-refractivity contribution in [2.75, 3.05) is 0 Å². The van der Waals surface area contributed by atoms with Crippen LogP contribution in [0, 0.1) is 0 Å². The van der Waals surface area contributed by atoms with Gasteiger partial charge in [-0.15, -0.1) is 0 Å². The fourth-order valence-electron chi connectivity index (χ4n) is 2.90. The fourth-order valence-corrected chi connectivity index (χ4v) is 2.90. The number of hydrogen-bond acceptors (Lipinski definition) is 1. The van der Waals surface area contributed by atoms with Crippen molar-refractivity contribution in [1.82, 2.24) is 0 Å². The van der Waals surface area contributed by atoms with Gasteiger partial charge in [0.25, 0.3) is 0 Å². The highest BCUT2D eigenvalue weighted by atomic mass is 16.3. The summed E-state index contributed by atoms with van der Waals surface area (Å²) in [6, 6.07) is 26.5. The predicted molar refractivity (Wildman–Crippen MR) is 88.6 cm³/mol. The molecule has 4 aromatic rings. The van der Waals surface area contributed by atoms with Crippen LogP contribution in [0.25, 0.3) is 32.7 Å². The zero-order chi connectivity index (χ0) is 14.2. The first-order chi connectivity index (χ1) is 10.3. The van der Waals surface area contributed by atoms with E-state index in [9.17, 15) is 5.11 Å². The van der Waals surface area contributed by atoms with Gasteiger partial charge in [0.2, 0.25) is 0 Å². The van der Waals surface area contributed by atoms with Crippen LogP contribution < -0.4 is 0 Å². The highest BCUT2D eigenvalue weighted by molar-refractivity contribution is 6.05. The molecule has 0 bridgehead atoms. The van der Waals surface area contributed by atoms with Crippen LogP contribution in [0.3, 0.4) is 0 Å². The molecule has 0 spiro atoms. The zero-order valence-corrected chi connectivity index (χ0v) is 11.5. The lowest BCUT2D eigenvalue weighted by Gasteiger charge is -2.10. The lowest BCUT2D eigenvalue weighted by molar-refractivity contribution is 0.477. The first-order valence-electron chi connectivity index (χ1n) is 7.03. The number of fused-ring (bicyclic) bond motifs is 2. The minimum Gasteiger partial charge on any atom is -0.507 e. The molecule has 4 aromatic carbocycles. The summed E-state index contributed by atoms with van der Waals surface area (Å²) >= 11 is 0. The summed E-state index contributed by atoms with van der Waals surface area (Å²) in [5.74, 6) is 0.318. The summed E-state index contributed by atoms with van der Waals surface area (Å²) in [6.07, 6.45) is 0. The smallest absolute Gasteiger partial charge is 0.123 e. The molecule has 0 fully saturated rings. The molecule has 0 amide bonds. The van der Waals surface area contributed by atoms with Crippen LogP contribution >= 0.6 is 0 Å². The standard InChI is InChI=1S/C20H14O/c21-20-11-4-3-9-18(20)17-10-5-8-16-12-14-6-1-2-7-15(14)13-19(16)17/h1-13,21H. The molecule has 1 nitrogen and oxygen atoms in total. The Morgan fingerprint density at radius 2 is 1.14 bits per heavy atom. The van der Waals surface area contributed by atoms with E-state index in [-0.39, 0.29) is 0 Å². The topological polar surface area (TPSA) is 20.2 Å². The van der Waals surface area contributed by atoms with Crippen LogP contribution in [0.15, 0.2) is 78.9 Å². The van der Waals surface area contributed by atoms with Gasteiger partial charge < -0.3 is 5.11 Å². The molecule has 0 unspecified atom stereocenters. The minimum atomic E-state index is 0.318. The fraction of sp³-hybridized carbons (Fsp3) is 0. The molecule has 0 aliphatic carbocycles. The highest BCUT2D eigenvalue weighted by Crippen LogP contribution is 2.35. The summed E-state index contributed by atoms with van der Waals surface area (Å²) in [6.45, 7) is 0. The highest BCUT2D eigenvalue weighted by Gasteiger charge is 2.08. The van der Waals surface area contributed by atoms with Crippen LogP contribution in [0.5, 0.6) is 5.75 Å². The Labute approximate surface area is 123 Å². The Balaban J connectivity index is 2.10. The van der Waals surface area contributed by atoms with Crippen LogP contribution in [0.1, 0.15) is 0 Å². The van der Waals surface area contributed by atoms with E-state index >= 15 is 0 Å². The maximum atomic E-state index is 10.1. The number of phenolic OH excluding ortho intramolecular Hbond substituents is 1. The van der Waals surface area contributed by atoms with E-state index < -0.39 is 0 Å². The second-order valence-corrected chi connectivity index (χ2v) is 5.24. The monoisotopic (exact) mass is 270 g/mol. The SMILES string of the molecule is Oc1ccccc1-c1cccc2cc3ccccc3cc12. The average molecular weight is 270 g/mol. The van der Waals surface area contributed by atoms with Crippen LogP contribution in [0.2, 0.25) is 0 Å². The van der Waals surface area contributed by atoms with E-state index in [0.717, 1.165) is 16.5 Å². The number of benzene rings is 4. The van der Waals surface area contributed by atoms with E-state index in [0.29, 0.717) is 5.75 Å². The van der Waals surface area contributed by atoms with Crippen LogP contribution in [-0.2, 0) is 0 Å². The molecular weight excluding hydrogens is 256 g/mol. The molecule has 0 atom stereocenters. The van der Waals surface area contributed by atoms with Gasteiger partial charge in [0.1, 0.15) is 5.75 Å². The molecule has 1 N–H and O–H groups in total. The Morgan fingerprint density at radius 1 is 0.524 bits per heavy atom. The average Bonchev–Trinajstić information content (AvgIpc) is 2.53. The molecule has 0 saturated heterocycles. The molecule has 0 heterocycles. The summed E-state index contributed by atoms with van der Waals surface area (Å²) in [4.78, 5) is 0. The minimum absolute atomic E-state index is 0.318. The van der Waals surface area contributed by atoms with Gasteiger partial charge in [-0.25, -0.2) is 0 Å². The molecular formula is C20H14O. The number of hydrogen-bond donors (Lipinski definition) is 1. The maximum Gasteiger partial charge on any atom is 0.123 e. The van der Waals surface area contributed by atoms with Crippen LogP contribution in [0.4, 0.5) is 0 Å². The van der Waals surface area contributed by atoms with Gasteiger partial charge in [-0.05, 0) is 45.3 Å². The maximum absolute atomic E-state index is 10.1. The zero-order valence-electron chi connectivity index (χ0n) is 11.5. The van der Waals surface area contributed by atoms with Gasteiger partial charge in [0.15, 0.2) is 0 Å². The molecule has 100 valence electrons. The third-order valence-electron chi connectivity index (χ3n) is 3.94. The van der Waals surface area contributed by atoms with E-state index in [1.807, 2.05) is 24.3 Å². The third-order valence-corrected chi connectivity index (χ3v) is 3.94. The van der Waals surface area contributed by atoms with Crippen molar-refractivity contribution in [3.05, 3.63) is 78.9 Å². The lowest BCUT2D eigenvalue weighted by atomic mass is 9.95. The number of aromatic hydroxyl groups is 1. The van der Waals surface area contributed by atoms with Gasteiger partial charge in [0, 0.05) is 5.56 Å². The summed E-state index contributed by atoms with van der Waals surface area (Å²) in [7, 11) is 0. The van der Waals surface area contributed by atoms with E-state index in [2.05, 4.69) is 48.5 Å². The Kier molecular flexibility index (Phi) is 2.65. The number of rotatable bonds is 1. The van der Waals surface area contributed by atoms with Crippen molar-refractivity contribution in [3.63, 3.8) is 0 Å². The van der Waals surface area contributed by atoms with Gasteiger partial charge >= 0.3 is 0 Å². The van der Waals surface area contributed by atoms with Gasteiger partial charge in [0.05, 0.1) is 0 Å². The van der Waals surface area contributed by atoms with Crippen molar-refractivity contribution < 1.29 is 5.11 Å². The lowest BCUT2D eigenvalue weighted by Crippen LogP contribution is -1.83. The molecule has 0 aliphatic rings. The first kappa shape index (κ1) is 12.0. The second-order valence-electron chi connectivity index (χ2n) is 5.24. The Hall–Kier alpha value is -2.80. The Bertz CT molecular complexity index is 954. The van der Waals surface area contributed by atoms with E-state index in [1.165, 1.54) is 16.2 Å².